The number of nitrogens with zero attached hydrogens (tertiary/aromatic N) is 1. The second-order valence-corrected chi connectivity index (χ2v) is 10.4. The van der Waals surface area contributed by atoms with Gasteiger partial charge in [0, 0.05) is 4.70 Å². The molecule has 0 radical (unpaired) electrons. The number of fused-ring (bicyclic) bond motifs is 1. The minimum atomic E-state index is -4.84. The van der Waals surface area contributed by atoms with Crippen molar-refractivity contribution < 1.29 is 65.8 Å². The average Bonchev–Trinajstić information content (AvgIpc) is 3.13. The van der Waals surface area contributed by atoms with Gasteiger partial charge in [-0.1, -0.05) is 42.5 Å². The van der Waals surface area contributed by atoms with E-state index < -0.39 is 28.1 Å². The Morgan fingerprint density at radius 3 is 2.17 bits per heavy atom. The molecule has 0 aliphatic carbocycles. The molecule has 1 aromatic heterocycles. The molecule has 4 rings (SSSR count). The SMILES string of the molecule is Cc1c(N(Cc2ccc(OC(F)(F)F)cc2)S(=O)(=O)c2ccc(C(=O)[O-])cc2)sc2ccccc12.[Na+]. The molecule has 1 heterocycles. The Kier molecular flexibility index (Phi) is 8.41. The number of hydrogen-bond donors (Lipinski definition) is 0. The number of alkyl halides is 3. The number of aryl methyl sites for hydroxylation is 1. The van der Waals surface area contributed by atoms with Crippen molar-refractivity contribution in [2.24, 2.45) is 0 Å². The zero-order valence-corrected chi connectivity index (χ0v) is 22.7. The summed E-state index contributed by atoms with van der Waals surface area (Å²) < 4.78 is 70.8. The summed E-state index contributed by atoms with van der Waals surface area (Å²) in [6, 6.07) is 17.0. The van der Waals surface area contributed by atoms with Crippen molar-refractivity contribution in [1.29, 1.82) is 0 Å². The third-order valence-corrected chi connectivity index (χ3v) is 8.38. The molecule has 6 nitrogen and oxygen atoms in total. The van der Waals surface area contributed by atoms with E-state index in [9.17, 15) is 31.5 Å². The van der Waals surface area contributed by atoms with Gasteiger partial charge >= 0.3 is 35.9 Å². The van der Waals surface area contributed by atoms with Gasteiger partial charge in [0.25, 0.3) is 10.0 Å². The molecule has 0 saturated heterocycles. The maximum absolute atomic E-state index is 13.7. The van der Waals surface area contributed by atoms with Gasteiger partial charge in [-0.2, -0.15) is 0 Å². The number of carbonyl (C=O) groups excluding carboxylic acids is 1. The number of carboxylic acid groups (broad SMARTS) is 1. The Morgan fingerprint density at radius 1 is 1.00 bits per heavy atom. The number of rotatable bonds is 7. The fourth-order valence-electron chi connectivity index (χ4n) is 3.52. The number of carboxylic acids is 1. The zero-order chi connectivity index (χ0) is 25.4. The molecule has 182 valence electrons. The third-order valence-electron chi connectivity index (χ3n) is 5.21. The van der Waals surface area contributed by atoms with Crippen LogP contribution >= 0.6 is 11.3 Å². The molecule has 0 bridgehead atoms. The van der Waals surface area contributed by atoms with Crippen LogP contribution in [0.4, 0.5) is 18.2 Å². The van der Waals surface area contributed by atoms with E-state index in [1.165, 1.54) is 39.9 Å². The first-order valence-electron chi connectivity index (χ1n) is 10.1. The van der Waals surface area contributed by atoms with Gasteiger partial charge in [-0.05, 0) is 59.3 Å². The number of hydrogen-bond acceptors (Lipinski definition) is 6. The van der Waals surface area contributed by atoms with Crippen molar-refractivity contribution in [1.82, 2.24) is 0 Å². The summed E-state index contributed by atoms with van der Waals surface area (Å²) in [4.78, 5) is 10.9. The molecule has 0 fully saturated rings. The number of carbonyl (C=O) groups is 1. The molecule has 3 aromatic carbocycles. The maximum atomic E-state index is 13.7. The van der Waals surface area contributed by atoms with Crippen LogP contribution in [-0.4, -0.2) is 20.7 Å². The number of benzene rings is 3. The molecule has 0 N–H and O–H groups in total. The summed E-state index contributed by atoms with van der Waals surface area (Å²) in [5, 5.41) is 12.4. The van der Waals surface area contributed by atoms with Crippen LogP contribution in [0, 0.1) is 6.92 Å². The van der Waals surface area contributed by atoms with E-state index >= 15 is 0 Å². The molecule has 0 aliphatic rings. The van der Waals surface area contributed by atoms with Crippen molar-refractivity contribution in [2.45, 2.75) is 24.7 Å². The van der Waals surface area contributed by atoms with Crippen molar-refractivity contribution in [3.8, 4) is 5.75 Å². The van der Waals surface area contributed by atoms with Gasteiger partial charge in [0.1, 0.15) is 10.8 Å². The van der Waals surface area contributed by atoms with Gasteiger partial charge in [0.2, 0.25) is 0 Å². The molecule has 36 heavy (non-hydrogen) atoms. The van der Waals surface area contributed by atoms with Gasteiger partial charge in [-0.3, -0.25) is 4.31 Å². The standard InChI is InChI=1S/C24H18F3NO5S2.Na/c1-15-20-4-2-3-5-21(20)34-22(15)28(14-16-6-10-18(11-7-16)33-24(25,26)27)35(31,32)19-12-8-17(9-13-19)23(29)30;/h2-13H,14H2,1H3,(H,29,30);/q;+1/p-1. The van der Waals surface area contributed by atoms with Crippen LogP contribution in [0.15, 0.2) is 77.7 Å². The number of anilines is 1. The predicted octanol–water partition coefficient (Wildman–Crippen LogP) is 1.87. The smallest absolute Gasteiger partial charge is 0.545 e. The molecule has 0 atom stereocenters. The number of thiophene rings is 1. The number of sulfonamides is 1. The van der Waals surface area contributed by atoms with E-state index in [1.807, 2.05) is 24.3 Å². The summed E-state index contributed by atoms with van der Waals surface area (Å²) in [6.07, 6.45) is -4.84. The van der Waals surface area contributed by atoms with Crippen LogP contribution < -0.4 is 43.7 Å². The van der Waals surface area contributed by atoms with Gasteiger partial charge in [-0.25, -0.2) is 8.42 Å². The first-order chi connectivity index (χ1) is 16.5. The molecule has 0 amide bonds. The van der Waals surface area contributed by atoms with E-state index in [0.29, 0.717) is 10.6 Å². The number of halogens is 3. The van der Waals surface area contributed by atoms with Gasteiger partial charge in [0.15, 0.2) is 0 Å². The van der Waals surface area contributed by atoms with Crippen molar-refractivity contribution in [2.75, 3.05) is 4.31 Å². The third kappa shape index (κ3) is 6.04. The predicted molar refractivity (Wildman–Crippen MR) is 124 cm³/mol. The Labute approximate surface area is 231 Å². The van der Waals surface area contributed by atoms with Gasteiger partial charge in [-0.15, -0.1) is 24.5 Å². The molecular formula is C24H17F3NNaO5S2. The Balaban J connectivity index is 0.00000361. The topological polar surface area (TPSA) is 86.7 Å². The minimum absolute atomic E-state index is 0. The summed E-state index contributed by atoms with van der Waals surface area (Å²) >= 11 is 1.26. The quantitative estimate of drug-likeness (QED) is 0.333. The second kappa shape index (κ2) is 10.8. The molecule has 0 saturated carbocycles. The van der Waals surface area contributed by atoms with Crippen molar-refractivity contribution in [3.63, 3.8) is 0 Å². The minimum Gasteiger partial charge on any atom is -0.545 e. The molecule has 4 aromatic rings. The Bertz CT molecular complexity index is 1490. The summed E-state index contributed by atoms with van der Waals surface area (Å²) in [6.45, 7) is 1.61. The van der Waals surface area contributed by atoms with Crippen molar-refractivity contribution in [3.05, 3.63) is 89.5 Å². The van der Waals surface area contributed by atoms with E-state index in [1.54, 1.807) is 6.92 Å². The monoisotopic (exact) mass is 543 g/mol. The van der Waals surface area contributed by atoms with Crippen LogP contribution in [0.5, 0.6) is 5.75 Å². The normalized spacial score (nSPS) is 11.7. The van der Waals surface area contributed by atoms with E-state index in [-0.39, 0.29) is 46.6 Å². The first kappa shape index (κ1) is 28.0. The van der Waals surface area contributed by atoms with E-state index in [4.69, 9.17) is 0 Å². The van der Waals surface area contributed by atoms with Crippen LogP contribution in [0.3, 0.4) is 0 Å². The fraction of sp³-hybridized carbons (Fsp3) is 0.125. The van der Waals surface area contributed by atoms with Crippen LogP contribution in [0.1, 0.15) is 21.5 Å². The van der Waals surface area contributed by atoms with Crippen LogP contribution in [0.2, 0.25) is 0 Å². The molecule has 0 aliphatic heterocycles. The number of aromatic carboxylic acids is 1. The van der Waals surface area contributed by atoms with E-state index in [0.717, 1.165) is 39.9 Å². The molecule has 0 unspecified atom stereocenters. The number of ether oxygens (including phenoxy) is 1. The molecule has 12 heteroatoms. The van der Waals surface area contributed by atoms with Gasteiger partial charge < -0.3 is 14.6 Å². The summed E-state index contributed by atoms with van der Waals surface area (Å²) in [5.41, 5.74) is 0.970. The summed E-state index contributed by atoms with van der Waals surface area (Å²) in [7, 11) is -4.18. The van der Waals surface area contributed by atoms with Crippen LogP contribution in [0.25, 0.3) is 10.1 Å². The fourth-order valence-corrected chi connectivity index (χ4v) is 6.45. The van der Waals surface area contributed by atoms with Crippen molar-refractivity contribution >= 4 is 42.4 Å². The van der Waals surface area contributed by atoms with Gasteiger partial charge in [0.05, 0.1) is 17.4 Å². The van der Waals surface area contributed by atoms with E-state index in [2.05, 4.69) is 4.74 Å². The van der Waals surface area contributed by atoms with Crippen LogP contribution in [-0.2, 0) is 16.6 Å². The zero-order valence-electron chi connectivity index (χ0n) is 19.1. The average molecular weight is 544 g/mol. The molecule has 0 spiro atoms. The maximum Gasteiger partial charge on any atom is 1.00 e. The first-order valence-corrected chi connectivity index (χ1v) is 12.4. The Hall–Kier alpha value is -2.57. The Morgan fingerprint density at radius 2 is 1.61 bits per heavy atom. The second-order valence-electron chi connectivity index (χ2n) is 7.54. The summed E-state index contributed by atoms with van der Waals surface area (Å²) in [5.74, 6) is -1.86. The molecular weight excluding hydrogens is 526 g/mol. The largest absolute Gasteiger partial charge is 1.00 e.